The fraction of sp³-hybridized carbons (Fsp3) is 0.385. The fourth-order valence-corrected chi connectivity index (χ4v) is 1.30. The van der Waals surface area contributed by atoms with Crippen molar-refractivity contribution in [3.05, 3.63) is 29.8 Å². The zero-order valence-corrected chi connectivity index (χ0v) is 9.41. The van der Waals surface area contributed by atoms with Crippen molar-refractivity contribution >= 4 is 0 Å². The maximum Gasteiger partial charge on any atom is 0.119 e. The van der Waals surface area contributed by atoms with Crippen molar-refractivity contribution in [3.8, 4) is 18.1 Å². The molecule has 1 aromatic rings. The summed E-state index contributed by atoms with van der Waals surface area (Å²) < 4.78 is 5.55. The van der Waals surface area contributed by atoms with E-state index in [2.05, 4.69) is 11.2 Å². The van der Waals surface area contributed by atoms with Gasteiger partial charge in [-0.05, 0) is 30.7 Å². The van der Waals surface area contributed by atoms with Gasteiger partial charge in [-0.3, -0.25) is 0 Å². The minimum Gasteiger partial charge on any atom is -0.494 e. The van der Waals surface area contributed by atoms with E-state index in [4.69, 9.17) is 16.9 Å². The second-order valence-electron chi connectivity index (χ2n) is 3.45. The first-order valence-electron chi connectivity index (χ1n) is 5.43. The van der Waals surface area contributed by atoms with E-state index in [1.807, 2.05) is 24.3 Å². The third kappa shape index (κ3) is 4.83. The molecule has 0 saturated carbocycles. The highest BCUT2D eigenvalue weighted by molar-refractivity contribution is 5.28. The molecule has 86 valence electrons. The number of terminal acetylenes is 1. The monoisotopic (exact) mass is 218 g/mol. The highest BCUT2D eigenvalue weighted by Gasteiger charge is 1.96. The molecule has 3 heteroatoms. The van der Waals surface area contributed by atoms with Gasteiger partial charge in [-0.1, -0.05) is 18.1 Å². The van der Waals surface area contributed by atoms with Crippen LogP contribution in [0.15, 0.2) is 24.3 Å². The molecule has 0 aliphatic carbocycles. The topological polar surface area (TPSA) is 47.3 Å². The van der Waals surface area contributed by atoms with Gasteiger partial charge < -0.3 is 15.8 Å². The first-order chi connectivity index (χ1) is 7.86. The van der Waals surface area contributed by atoms with Crippen LogP contribution < -0.4 is 15.8 Å². The Kier molecular flexibility index (Phi) is 6.09. The molecule has 0 unspecified atom stereocenters. The lowest BCUT2D eigenvalue weighted by atomic mass is 10.2. The summed E-state index contributed by atoms with van der Waals surface area (Å²) in [5.74, 6) is 3.42. The van der Waals surface area contributed by atoms with Crippen molar-refractivity contribution in [2.45, 2.75) is 13.0 Å². The van der Waals surface area contributed by atoms with Crippen LogP contribution in [-0.4, -0.2) is 19.7 Å². The molecule has 0 saturated heterocycles. The molecule has 3 N–H and O–H groups in total. The molecular formula is C13H18N2O. The van der Waals surface area contributed by atoms with Gasteiger partial charge in [0.25, 0.3) is 0 Å². The minimum atomic E-state index is 0.582. The molecule has 0 bridgehead atoms. The van der Waals surface area contributed by atoms with Crippen molar-refractivity contribution in [1.29, 1.82) is 0 Å². The highest BCUT2D eigenvalue weighted by atomic mass is 16.5. The van der Waals surface area contributed by atoms with E-state index in [9.17, 15) is 0 Å². The lowest BCUT2D eigenvalue weighted by Gasteiger charge is -2.07. The number of benzene rings is 1. The van der Waals surface area contributed by atoms with Gasteiger partial charge in [-0.2, -0.15) is 0 Å². The van der Waals surface area contributed by atoms with E-state index in [1.54, 1.807) is 0 Å². The van der Waals surface area contributed by atoms with Gasteiger partial charge in [-0.25, -0.2) is 0 Å². The van der Waals surface area contributed by atoms with E-state index in [-0.39, 0.29) is 0 Å². The van der Waals surface area contributed by atoms with Crippen molar-refractivity contribution in [2.24, 2.45) is 5.73 Å². The molecule has 0 aliphatic rings. The van der Waals surface area contributed by atoms with E-state index < -0.39 is 0 Å². The van der Waals surface area contributed by atoms with Crippen LogP contribution in [0.5, 0.6) is 5.75 Å². The summed E-state index contributed by atoms with van der Waals surface area (Å²) in [6.07, 6.45) is 6.03. The van der Waals surface area contributed by atoms with E-state index >= 15 is 0 Å². The Labute approximate surface area is 97.0 Å². The van der Waals surface area contributed by atoms with Crippen LogP contribution in [0.3, 0.4) is 0 Å². The molecule has 0 atom stereocenters. The maximum atomic E-state index is 5.55. The molecule has 0 aliphatic heterocycles. The summed E-state index contributed by atoms with van der Waals surface area (Å²) >= 11 is 0. The van der Waals surface area contributed by atoms with Gasteiger partial charge in [0.05, 0.1) is 13.2 Å². The molecule has 3 nitrogen and oxygen atoms in total. The third-order valence-corrected chi connectivity index (χ3v) is 2.07. The Morgan fingerprint density at radius 2 is 2.31 bits per heavy atom. The Bertz CT molecular complexity index is 344. The molecule has 0 spiro atoms. The quantitative estimate of drug-likeness (QED) is 0.533. The van der Waals surface area contributed by atoms with E-state index in [0.717, 1.165) is 18.7 Å². The van der Waals surface area contributed by atoms with Crippen molar-refractivity contribution in [1.82, 2.24) is 5.32 Å². The number of nitrogens with one attached hydrogen (secondary N) is 1. The van der Waals surface area contributed by atoms with Gasteiger partial charge >= 0.3 is 0 Å². The Morgan fingerprint density at radius 1 is 1.44 bits per heavy atom. The van der Waals surface area contributed by atoms with Crippen molar-refractivity contribution in [2.75, 3.05) is 19.7 Å². The average Bonchev–Trinajstić information content (AvgIpc) is 2.30. The van der Waals surface area contributed by atoms with Crippen molar-refractivity contribution in [3.63, 3.8) is 0 Å². The Hall–Kier alpha value is -1.50. The van der Waals surface area contributed by atoms with Crippen LogP contribution in [0.25, 0.3) is 0 Å². The molecule has 16 heavy (non-hydrogen) atoms. The van der Waals surface area contributed by atoms with E-state index in [0.29, 0.717) is 19.7 Å². The maximum absolute atomic E-state index is 5.55. The number of ether oxygens (including phenoxy) is 1. The van der Waals surface area contributed by atoms with Gasteiger partial charge in [0.15, 0.2) is 0 Å². The SMILES string of the molecule is C#CCNCc1cccc(OCCCN)c1. The normalized spacial score (nSPS) is 9.75. The molecule has 0 amide bonds. The zero-order chi connectivity index (χ0) is 11.6. The summed E-state index contributed by atoms with van der Waals surface area (Å²) in [5, 5.41) is 3.13. The molecular weight excluding hydrogens is 200 g/mol. The summed E-state index contributed by atoms with van der Waals surface area (Å²) in [6.45, 7) is 2.66. The van der Waals surface area contributed by atoms with Crippen LogP contribution in [0, 0.1) is 12.3 Å². The Balaban J connectivity index is 2.41. The Morgan fingerprint density at radius 3 is 3.06 bits per heavy atom. The van der Waals surface area contributed by atoms with Gasteiger partial charge in [0.2, 0.25) is 0 Å². The standard InChI is InChI=1S/C13H18N2O/c1-2-8-15-11-12-5-3-6-13(10-12)16-9-4-7-14/h1,3,5-6,10,15H,4,7-9,11,14H2. The van der Waals surface area contributed by atoms with Gasteiger partial charge in [0.1, 0.15) is 5.75 Å². The third-order valence-electron chi connectivity index (χ3n) is 2.07. The van der Waals surface area contributed by atoms with Crippen LogP contribution in [-0.2, 0) is 6.54 Å². The summed E-state index contributed by atoms with van der Waals surface area (Å²) in [7, 11) is 0. The minimum absolute atomic E-state index is 0.582. The zero-order valence-electron chi connectivity index (χ0n) is 9.41. The van der Waals surface area contributed by atoms with Crippen LogP contribution in [0.1, 0.15) is 12.0 Å². The second-order valence-corrected chi connectivity index (χ2v) is 3.45. The average molecular weight is 218 g/mol. The van der Waals surface area contributed by atoms with Gasteiger partial charge in [-0.15, -0.1) is 6.42 Å². The predicted octanol–water partition coefficient (Wildman–Crippen LogP) is 1.14. The van der Waals surface area contributed by atoms with E-state index in [1.165, 1.54) is 5.56 Å². The molecule has 0 radical (unpaired) electrons. The summed E-state index contributed by atoms with van der Waals surface area (Å²) in [4.78, 5) is 0. The number of nitrogens with two attached hydrogens (primary N) is 1. The highest BCUT2D eigenvalue weighted by Crippen LogP contribution is 2.13. The fourth-order valence-electron chi connectivity index (χ4n) is 1.30. The van der Waals surface area contributed by atoms with Crippen LogP contribution >= 0.6 is 0 Å². The molecule has 0 heterocycles. The summed E-state index contributed by atoms with van der Waals surface area (Å²) in [5.41, 5.74) is 6.56. The van der Waals surface area contributed by atoms with Gasteiger partial charge in [0, 0.05) is 6.54 Å². The smallest absolute Gasteiger partial charge is 0.119 e. The predicted molar refractivity (Wildman–Crippen MR) is 66.1 cm³/mol. The number of hydrogen-bond acceptors (Lipinski definition) is 3. The molecule has 0 fully saturated rings. The number of rotatable bonds is 7. The first kappa shape index (κ1) is 12.6. The second kappa shape index (κ2) is 7.75. The van der Waals surface area contributed by atoms with Crippen LogP contribution in [0.4, 0.5) is 0 Å². The van der Waals surface area contributed by atoms with Crippen molar-refractivity contribution < 1.29 is 4.74 Å². The largest absolute Gasteiger partial charge is 0.494 e. The lowest BCUT2D eigenvalue weighted by Crippen LogP contribution is -2.13. The number of hydrogen-bond donors (Lipinski definition) is 2. The lowest BCUT2D eigenvalue weighted by molar-refractivity contribution is 0.313. The van der Waals surface area contributed by atoms with Crippen LogP contribution in [0.2, 0.25) is 0 Å². The molecule has 1 rings (SSSR count). The first-order valence-corrected chi connectivity index (χ1v) is 5.43. The molecule has 1 aromatic carbocycles. The summed E-state index contributed by atoms with van der Waals surface area (Å²) in [6, 6.07) is 7.98. The molecule has 0 aromatic heterocycles.